The number of carbonyl (C=O) groups excluding carboxylic acids is 2. The van der Waals surface area contributed by atoms with Crippen LogP contribution in [0.15, 0.2) is 66.2 Å². The Labute approximate surface area is 214 Å². The molecular formula is C29H28FNO6. The fourth-order valence-electron chi connectivity index (χ4n) is 4.56. The number of rotatable bonds is 8. The topological polar surface area (TPSA) is 85.3 Å². The monoisotopic (exact) mass is 505 g/mol. The molecule has 37 heavy (non-hydrogen) atoms. The number of aryl methyl sites for hydroxylation is 1. The lowest BCUT2D eigenvalue weighted by Gasteiger charge is -2.26. The second-order valence-electron chi connectivity index (χ2n) is 8.67. The normalized spacial score (nSPS) is 16.7. The number of aliphatic hydroxyl groups is 1. The fraction of sp³-hybridized carbons (Fsp3) is 0.241. The summed E-state index contributed by atoms with van der Waals surface area (Å²) in [6.07, 6.45) is 0.388. The Bertz CT molecular complexity index is 1370. The highest BCUT2D eigenvalue weighted by Crippen LogP contribution is 2.42. The smallest absolute Gasteiger partial charge is 0.295 e. The van der Waals surface area contributed by atoms with E-state index in [9.17, 15) is 19.1 Å². The molecule has 192 valence electrons. The first-order valence-electron chi connectivity index (χ1n) is 11.7. The summed E-state index contributed by atoms with van der Waals surface area (Å²) >= 11 is 0. The first-order valence-corrected chi connectivity index (χ1v) is 11.7. The molecule has 1 aliphatic rings. The molecule has 0 saturated carbocycles. The van der Waals surface area contributed by atoms with E-state index in [0.29, 0.717) is 34.8 Å². The van der Waals surface area contributed by atoms with Crippen molar-refractivity contribution in [2.24, 2.45) is 0 Å². The summed E-state index contributed by atoms with van der Waals surface area (Å²) in [5.74, 6) is -0.617. The maximum Gasteiger partial charge on any atom is 0.295 e. The Hall–Kier alpha value is -4.33. The van der Waals surface area contributed by atoms with Gasteiger partial charge >= 0.3 is 0 Å². The van der Waals surface area contributed by atoms with Gasteiger partial charge in [0.25, 0.3) is 11.7 Å². The van der Waals surface area contributed by atoms with Gasteiger partial charge < -0.3 is 24.2 Å². The maximum atomic E-state index is 13.4. The highest BCUT2D eigenvalue weighted by atomic mass is 19.1. The van der Waals surface area contributed by atoms with E-state index < -0.39 is 17.7 Å². The predicted octanol–water partition coefficient (Wildman–Crippen LogP) is 4.82. The van der Waals surface area contributed by atoms with Crippen LogP contribution in [-0.4, -0.2) is 49.6 Å². The SMILES string of the molecule is COc1ccc(/C(O)=C2/C(=O)C(=O)N(CCc3ccc(F)cc3)C2c2ccc(OC)c(OC)c2)cc1C. The van der Waals surface area contributed by atoms with Gasteiger partial charge in [0.1, 0.15) is 17.3 Å². The van der Waals surface area contributed by atoms with Crippen LogP contribution in [0.2, 0.25) is 0 Å². The standard InChI is InChI=1S/C29H28FNO6/c1-17-15-20(8-11-22(17)35-2)27(32)25-26(19-7-12-23(36-3)24(16-19)37-4)31(29(34)28(25)33)14-13-18-5-9-21(30)10-6-18/h5-12,15-16,26,32H,13-14H2,1-4H3/b27-25-. The molecule has 0 spiro atoms. The van der Waals surface area contributed by atoms with Gasteiger partial charge in [-0.15, -0.1) is 0 Å². The number of benzene rings is 3. The minimum Gasteiger partial charge on any atom is -0.507 e. The molecule has 4 rings (SSSR count). The van der Waals surface area contributed by atoms with Crippen LogP contribution >= 0.6 is 0 Å². The Morgan fingerprint density at radius 1 is 0.892 bits per heavy atom. The number of hydrogen-bond donors (Lipinski definition) is 1. The lowest BCUT2D eigenvalue weighted by atomic mass is 9.94. The van der Waals surface area contributed by atoms with Crippen LogP contribution < -0.4 is 14.2 Å². The minimum atomic E-state index is -0.873. The van der Waals surface area contributed by atoms with Crippen molar-refractivity contribution in [1.82, 2.24) is 4.90 Å². The van der Waals surface area contributed by atoms with E-state index in [1.54, 1.807) is 55.6 Å². The Morgan fingerprint density at radius 3 is 2.16 bits per heavy atom. The number of halogens is 1. The zero-order valence-electron chi connectivity index (χ0n) is 21.1. The molecule has 1 aliphatic heterocycles. The number of methoxy groups -OCH3 is 3. The number of ketones is 1. The number of ether oxygens (including phenoxy) is 3. The lowest BCUT2D eigenvalue weighted by Crippen LogP contribution is -2.31. The Balaban J connectivity index is 1.82. The fourth-order valence-corrected chi connectivity index (χ4v) is 4.56. The third-order valence-corrected chi connectivity index (χ3v) is 6.49. The largest absolute Gasteiger partial charge is 0.507 e. The van der Waals surface area contributed by atoms with Crippen LogP contribution in [0.3, 0.4) is 0 Å². The second kappa shape index (κ2) is 10.7. The van der Waals surface area contributed by atoms with Crippen LogP contribution in [0, 0.1) is 12.7 Å². The molecule has 0 aromatic heterocycles. The molecule has 0 aliphatic carbocycles. The van der Waals surface area contributed by atoms with Gasteiger partial charge in [0.2, 0.25) is 0 Å². The minimum absolute atomic E-state index is 0.0270. The maximum absolute atomic E-state index is 13.4. The number of nitrogens with zero attached hydrogens (tertiary/aromatic N) is 1. The van der Waals surface area contributed by atoms with Gasteiger partial charge in [0, 0.05) is 12.1 Å². The molecule has 8 heteroatoms. The average molecular weight is 506 g/mol. The van der Waals surface area contributed by atoms with E-state index in [2.05, 4.69) is 0 Å². The highest BCUT2D eigenvalue weighted by molar-refractivity contribution is 6.46. The van der Waals surface area contributed by atoms with Crippen molar-refractivity contribution in [2.45, 2.75) is 19.4 Å². The molecule has 0 bridgehead atoms. The number of carbonyl (C=O) groups is 2. The highest BCUT2D eigenvalue weighted by Gasteiger charge is 2.46. The van der Waals surface area contributed by atoms with Crippen molar-refractivity contribution in [3.8, 4) is 17.2 Å². The molecule has 1 atom stereocenters. The van der Waals surface area contributed by atoms with Gasteiger partial charge in [-0.3, -0.25) is 9.59 Å². The number of amides is 1. The Morgan fingerprint density at radius 2 is 1.54 bits per heavy atom. The van der Waals surface area contributed by atoms with Gasteiger partial charge in [-0.2, -0.15) is 0 Å². The predicted molar refractivity (Wildman–Crippen MR) is 136 cm³/mol. The van der Waals surface area contributed by atoms with Crippen molar-refractivity contribution in [2.75, 3.05) is 27.9 Å². The van der Waals surface area contributed by atoms with E-state index in [1.807, 2.05) is 6.92 Å². The van der Waals surface area contributed by atoms with Crippen molar-refractivity contribution in [3.63, 3.8) is 0 Å². The second-order valence-corrected chi connectivity index (χ2v) is 8.67. The molecule has 7 nitrogen and oxygen atoms in total. The first-order chi connectivity index (χ1) is 17.8. The summed E-state index contributed by atoms with van der Waals surface area (Å²) in [5.41, 5.74) is 2.50. The molecule has 1 fully saturated rings. The lowest BCUT2D eigenvalue weighted by molar-refractivity contribution is -0.139. The summed E-state index contributed by atoms with van der Waals surface area (Å²) in [4.78, 5) is 28.0. The molecule has 3 aromatic carbocycles. The van der Waals surface area contributed by atoms with Crippen molar-refractivity contribution >= 4 is 17.4 Å². The van der Waals surface area contributed by atoms with E-state index in [-0.39, 0.29) is 23.7 Å². The first kappa shape index (κ1) is 25.8. The summed E-state index contributed by atoms with van der Waals surface area (Å²) in [6.45, 7) is 2.00. The van der Waals surface area contributed by atoms with Crippen LogP contribution in [0.25, 0.3) is 5.76 Å². The van der Waals surface area contributed by atoms with E-state index in [0.717, 1.165) is 11.1 Å². The number of Topliss-reactive ketones (excluding diaryl/α,β-unsaturated/α-hetero) is 1. The molecule has 1 N–H and O–H groups in total. The zero-order valence-corrected chi connectivity index (χ0v) is 21.1. The van der Waals surface area contributed by atoms with Gasteiger partial charge in [0.15, 0.2) is 11.5 Å². The van der Waals surface area contributed by atoms with Crippen molar-refractivity contribution < 1.29 is 33.3 Å². The Kier molecular flexibility index (Phi) is 7.47. The van der Waals surface area contributed by atoms with Crippen molar-refractivity contribution in [3.05, 3.63) is 94.3 Å². The summed E-state index contributed by atoms with van der Waals surface area (Å²) in [5, 5.41) is 11.3. The van der Waals surface area contributed by atoms with Gasteiger partial charge in [0.05, 0.1) is 32.9 Å². The summed E-state index contributed by atoms with van der Waals surface area (Å²) < 4.78 is 29.5. The molecule has 3 aromatic rings. The third kappa shape index (κ3) is 5.00. The van der Waals surface area contributed by atoms with Gasteiger partial charge in [-0.05, 0) is 72.5 Å². The van der Waals surface area contributed by atoms with Crippen LogP contribution in [-0.2, 0) is 16.0 Å². The molecule has 1 unspecified atom stereocenters. The number of aliphatic hydroxyl groups excluding tert-OH is 1. The van der Waals surface area contributed by atoms with Crippen LogP contribution in [0.5, 0.6) is 17.2 Å². The van der Waals surface area contributed by atoms with Gasteiger partial charge in [-0.1, -0.05) is 18.2 Å². The number of hydrogen-bond acceptors (Lipinski definition) is 6. The molecule has 1 saturated heterocycles. The molecule has 0 radical (unpaired) electrons. The van der Waals surface area contributed by atoms with E-state index >= 15 is 0 Å². The zero-order chi connectivity index (χ0) is 26.7. The summed E-state index contributed by atoms with van der Waals surface area (Å²) in [6, 6.07) is 15.2. The van der Waals surface area contributed by atoms with Crippen molar-refractivity contribution in [1.29, 1.82) is 0 Å². The summed E-state index contributed by atoms with van der Waals surface area (Å²) in [7, 11) is 4.55. The van der Waals surface area contributed by atoms with Crippen LogP contribution in [0.4, 0.5) is 4.39 Å². The molecular weight excluding hydrogens is 477 g/mol. The third-order valence-electron chi connectivity index (χ3n) is 6.49. The number of likely N-dealkylation sites (tertiary alicyclic amines) is 1. The molecule has 1 heterocycles. The van der Waals surface area contributed by atoms with E-state index in [1.165, 1.54) is 31.3 Å². The average Bonchev–Trinajstić information content (AvgIpc) is 3.16. The van der Waals surface area contributed by atoms with Gasteiger partial charge in [-0.25, -0.2) is 4.39 Å². The molecule has 1 amide bonds. The quantitative estimate of drug-likeness (QED) is 0.268. The van der Waals surface area contributed by atoms with Crippen LogP contribution in [0.1, 0.15) is 28.3 Å². The van der Waals surface area contributed by atoms with E-state index in [4.69, 9.17) is 14.2 Å².